The molecule has 3 rings (SSSR count). The number of hydrogen-bond donors (Lipinski definition) is 1. The van der Waals surface area contributed by atoms with Gasteiger partial charge in [0.15, 0.2) is 0 Å². The highest BCUT2D eigenvalue weighted by molar-refractivity contribution is 5.92. The maximum atomic E-state index is 3.27. The number of benzene rings is 1. The molecule has 2 aromatic rings. The smallest absolute Gasteiger partial charge is 0.0474 e. The van der Waals surface area contributed by atoms with E-state index < -0.39 is 0 Å². The van der Waals surface area contributed by atoms with Crippen molar-refractivity contribution in [3.63, 3.8) is 0 Å². The largest absolute Gasteiger partial charge is 0.368 e. The number of piperazine rings is 1. The third kappa shape index (κ3) is 2.74. The molecule has 1 aromatic heterocycles. The van der Waals surface area contributed by atoms with Crippen LogP contribution in [0.5, 0.6) is 0 Å². The van der Waals surface area contributed by atoms with Crippen LogP contribution in [-0.4, -0.2) is 43.1 Å². The molecule has 1 N–H and O–H groups in total. The molecule has 0 spiro atoms. The summed E-state index contributed by atoms with van der Waals surface area (Å²) in [7, 11) is 2.19. The fraction of sp³-hybridized carbons (Fsp3) is 0.385. The average Bonchev–Trinajstić information content (AvgIpc) is 2.78. The Morgan fingerprint density at radius 2 is 1.72 bits per heavy atom. The lowest BCUT2D eigenvalue weighted by molar-refractivity contribution is 0.313. The van der Waals surface area contributed by atoms with Gasteiger partial charge in [0.2, 0.25) is 0 Å². The predicted octanol–water partition coefficient (Wildman–Crippen LogP) is 2.76. The number of anilines is 1. The third-order valence-corrected chi connectivity index (χ3v) is 3.42. The Morgan fingerprint density at radius 3 is 2.44 bits per heavy atom. The van der Waals surface area contributed by atoms with Gasteiger partial charge in [-0.2, -0.15) is 0 Å². The molecule has 0 bridgehead atoms. The first-order chi connectivity index (χ1) is 7.84. The van der Waals surface area contributed by atoms with E-state index in [0.29, 0.717) is 0 Å². The SMILES string of the molecule is CN1CCN(c2cccc3[nH]ccc23)CC1.Cl.Cl. The van der Waals surface area contributed by atoms with Gasteiger partial charge in [0.1, 0.15) is 0 Å². The first-order valence-corrected chi connectivity index (χ1v) is 5.84. The Morgan fingerprint density at radius 1 is 1.00 bits per heavy atom. The maximum absolute atomic E-state index is 3.27. The van der Waals surface area contributed by atoms with Crippen LogP contribution < -0.4 is 4.90 Å². The van der Waals surface area contributed by atoms with E-state index in [1.807, 2.05) is 6.20 Å². The molecule has 1 fully saturated rings. The molecule has 0 radical (unpaired) electrons. The summed E-state index contributed by atoms with van der Waals surface area (Å²) in [6, 6.07) is 8.66. The van der Waals surface area contributed by atoms with Crippen molar-refractivity contribution in [1.82, 2.24) is 9.88 Å². The zero-order chi connectivity index (χ0) is 11.0. The van der Waals surface area contributed by atoms with Crippen LogP contribution in [0.15, 0.2) is 30.5 Å². The molecular formula is C13H19Cl2N3. The molecule has 3 nitrogen and oxygen atoms in total. The second kappa shape index (κ2) is 6.32. The van der Waals surface area contributed by atoms with E-state index in [0.717, 1.165) is 26.2 Å². The molecule has 2 heterocycles. The number of aromatic amines is 1. The summed E-state index contributed by atoms with van der Waals surface area (Å²) in [6.45, 7) is 4.56. The molecule has 1 aliphatic heterocycles. The number of hydrogen-bond acceptors (Lipinski definition) is 2. The summed E-state index contributed by atoms with van der Waals surface area (Å²) >= 11 is 0. The van der Waals surface area contributed by atoms with Crippen LogP contribution in [0.3, 0.4) is 0 Å². The van der Waals surface area contributed by atoms with Gasteiger partial charge in [0.05, 0.1) is 0 Å². The van der Waals surface area contributed by atoms with Crippen molar-refractivity contribution < 1.29 is 0 Å². The standard InChI is InChI=1S/C13H17N3.2ClH/c1-15-7-9-16(10-8-15)13-4-2-3-12-11(13)5-6-14-12;;/h2-6,14H,7-10H2,1H3;2*1H. The van der Waals surface area contributed by atoms with Gasteiger partial charge in [-0.15, -0.1) is 24.8 Å². The summed E-state index contributed by atoms with van der Waals surface area (Å²) in [4.78, 5) is 8.14. The number of nitrogens with zero attached hydrogens (tertiary/aromatic N) is 2. The van der Waals surface area contributed by atoms with Crippen molar-refractivity contribution in [2.45, 2.75) is 0 Å². The lowest BCUT2D eigenvalue weighted by Gasteiger charge is -2.34. The summed E-state index contributed by atoms with van der Waals surface area (Å²) in [5.74, 6) is 0. The number of fused-ring (bicyclic) bond motifs is 1. The Bertz CT molecular complexity index is 490. The summed E-state index contributed by atoms with van der Waals surface area (Å²) in [6.07, 6.45) is 2.02. The van der Waals surface area contributed by atoms with Gasteiger partial charge < -0.3 is 14.8 Å². The normalized spacial score (nSPS) is 16.2. The Hall–Kier alpha value is -0.900. The van der Waals surface area contributed by atoms with Crippen LogP contribution in [0.1, 0.15) is 0 Å². The van der Waals surface area contributed by atoms with Crippen molar-refractivity contribution in [2.75, 3.05) is 38.1 Å². The molecule has 1 aliphatic rings. The fourth-order valence-corrected chi connectivity index (χ4v) is 2.39. The van der Waals surface area contributed by atoms with Crippen LogP contribution in [0, 0.1) is 0 Å². The van der Waals surface area contributed by atoms with Crippen molar-refractivity contribution in [2.24, 2.45) is 0 Å². The first kappa shape index (κ1) is 15.2. The highest BCUT2D eigenvalue weighted by Gasteiger charge is 2.15. The second-order valence-corrected chi connectivity index (χ2v) is 4.51. The minimum Gasteiger partial charge on any atom is -0.368 e. The quantitative estimate of drug-likeness (QED) is 0.871. The molecule has 0 amide bonds. The van der Waals surface area contributed by atoms with Gasteiger partial charge in [-0.1, -0.05) is 6.07 Å². The fourth-order valence-electron chi connectivity index (χ4n) is 2.39. The Kier molecular flexibility index (Phi) is 5.32. The molecule has 1 saturated heterocycles. The van der Waals surface area contributed by atoms with E-state index in [1.54, 1.807) is 0 Å². The van der Waals surface area contributed by atoms with Crippen LogP contribution in [0.4, 0.5) is 5.69 Å². The minimum absolute atomic E-state index is 0. The van der Waals surface area contributed by atoms with Gasteiger partial charge in [-0.3, -0.25) is 0 Å². The third-order valence-electron chi connectivity index (χ3n) is 3.42. The summed E-state index contributed by atoms with van der Waals surface area (Å²) in [5.41, 5.74) is 2.60. The average molecular weight is 288 g/mol. The Labute approximate surface area is 120 Å². The van der Waals surface area contributed by atoms with E-state index in [2.05, 4.69) is 46.1 Å². The zero-order valence-electron chi connectivity index (χ0n) is 10.4. The highest BCUT2D eigenvalue weighted by Crippen LogP contribution is 2.26. The number of H-pyrrole nitrogens is 1. The molecule has 0 atom stereocenters. The lowest BCUT2D eigenvalue weighted by atomic mass is 10.2. The van der Waals surface area contributed by atoms with E-state index in [-0.39, 0.29) is 24.8 Å². The van der Waals surface area contributed by atoms with E-state index >= 15 is 0 Å². The Balaban J connectivity index is 0.000000810. The highest BCUT2D eigenvalue weighted by atomic mass is 35.5. The minimum atomic E-state index is 0. The number of nitrogens with one attached hydrogen (secondary N) is 1. The van der Waals surface area contributed by atoms with Crippen molar-refractivity contribution in [3.8, 4) is 0 Å². The van der Waals surface area contributed by atoms with Crippen LogP contribution in [0.25, 0.3) is 10.9 Å². The van der Waals surface area contributed by atoms with Crippen molar-refractivity contribution >= 4 is 41.4 Å². The number of halogens is 2. The van der Waals surface area contributed by atoms with Crippen LogP contribution >= 0.6 is 24.8 Å². The van der Waals surface area contributed by atoms with Crippen molar-refractivity contribution in [1.29, 1.82) is 0 Å². The van der Waals surface area contributed by atoms with Crippen LogP contribution in [-0.2, 0) is 0 Å². The van der Waals surface area contributed by atoms with E-state index in [1.165, 1.54) is 16.6 Å². The number of rotatable bonds is 1. The first-order valence-electron chi connectivity index (χ1n) is 5.84. The van der Waals surface area contributed by atoms with Crippen LogP contribution in [0.2, 0.25) is 0 Å². The monoisotopic (exact) mass is 287 g/mol. The van der Waals surface area contributed by atoms with Gasteiger partial charge in [0.25, 0.3) is 0 Å². The van der Waals surface area contributed by atoms with Gasteiger partial charge >= 0.3 is 0 Å². The van der Waals surface area contributed by atoms with Gasteiger partial charge in [-0.05, 0) is 25.2 Å². The lowest BCUT2D eigenvalue weighted by Crippen LogP contribution is -2.44. The molecule has 100 valence electrons. The zero-order valence-corrected chi connectivity index (χ0v) is 12.1. The number of likely N-dealkylation sites (N-methyl/N-ethyl adjacent to an activating group) is 1. The summed E-state index contributed by atoms with van der Waals surface area (Å²) in [5, 5.41) is 1.34. The molecule has 0 saturated carbocycles. The predicted molar refractivity (Wildman–Crippen MR) is 82.5 cm³/mol. The second-order valence-electron chi connectivity index (χ2n) is 4.51. The van der Waals surface area contributed by atoms with E-state index in [9.17, 15) is 0 Å². The molecule has 0 aliphatic carbocycles. The topological polar surface area (TPSA) is 22.3 Å². The van der Waals surface area contributed by atoms with Gasteiger partial charge in [-0.25, -0.2) is 0 Å². The van der Waals surface area contributed by atoms with Crippen molar-refractivity contribution in [3.05, 3.63) is 30.5 Å². The molecule has 1 aromatic carbocycles. The van der Waals surface area contributed by atoms with E-state index in [4.69, 9.17) is 0 Å². The molecule has 0 unspecified atom stereocenters. The molecular weight excluding hydrogens is 269 g/mol. The molecule has 18 heavy (non-hydrogen) atoms. The number of aromatic nitrogens is 1. The molecule has 5 heteroatoms. The maximum Gasteiger partial charge on any atom is 0.0474 e. The summed E-state index contributed by atoms with van der Waals surface area (Å²) < 4.78 is 0. The van der Waals surface area contributed by atoms with Gasteiger partial charge in [0, 0.05) is 49.0 Å².